The Labute approximate surface area is 101 Å². The largest absolute Gasteiger partial charge is 0.469 e. The molecular weight excluding hydrogens is 220 g/mol. The van der Waals surface area contributed by atoms with Gasteiger partial charge in [-0.25, -0.2) is 0 Å². The van der Waals surface area contributed by atoms with Gasteiger partial charge in [0.05, 0.1) is 18.4 Å². The molecule has 4 rings (SSSR count). The van der Waals surface area contributed by atoms with E-state index in [2.05, 4.69) is 6.92 Å². The van der Waals surface area contributed by atoms with Gasteiger partial charge in [-0.2, -0.15) is 0 Å². The van der Waals surface area contributed by atoms with Gasteiger partial charge in [-0.15, -0.1) is 0 Å². The van der Waals surface area contributed by atoms with Crippen LogP contribution >= 0.6 is 0 Å². The standard InChI is InChI=1S/C13H18O4/c1-12-3-8-4-13(7-12,11(15)16-2)6-9(5-12)17-10(8)14/h8-9H,3-7H2,1-2H3. The number of carbonyl (C=O) groups is 2. The molecule has 4 bridgehead atoms. The molecule has 2 aliphatic carbocycles. The van der Waals surface area contributed by atoms with Crippen LogP contribution in [0.4, 0.5) is 0 Å². The number of carbonyl (C=O) groups excluding carboxylic acids is 2. The van der Waals surface area contributed by atoms with Gasteiger partial charge in [0.2, 0.25) is 0 Å². The third kappa shape index (κ3) is 1.49. The van der Waals surface area contributed by atoms with Crippen LogP contribution in [0.25, 0.3) is 0 Å². The van der Waals surface area contributed by atoms with Crippen molar-refractivity contribution in [1.29, 1.82) is 0 Å². The van der Waals surface area contributed by atoms with E-state index in [0.717, 1.165) is 19.3 Å². The zero-order chi connectivity index (χ0) is 12.3. The Hall–Kier alpha value is -1.06. The van der Waals surface area contributed by atoms with Crippen LogP contribution in [0, 0.1) is 16.7 Å². The van der Waals surface area contributed by atoms with Crippen molar-refractivity contribution in [3.63, 3.8) is 0 Å². The van der Waals surface area contributed by atoms with Gasteiger partial charge >= 0.3 is 11.9 Å². The van der Waals surface area contributed by atoms with Crippen LogP contribution in [0.15, 0.2) is 0 Å². The van der Waals surface area contributed by atoms with Crippen LogP contribution in [0.1, 0.15) is 39.0 Å². The summed E-state index contributed by atoms with van der Waals surface area (Å²) in [6.45, 7) is 2.17. The van der Waals surface area contributed by atoms with E-state index in [9.17, 15) is 9.59 Å². The lowest BCUT2D eigenvalue weighted by atomic mass is 9.53. The number of methoxy groups -OCH3 is 1. The number of rotatable bonds is 1. The second kappa shape index (κ2) is 3.24. The molecule has 2 saturated heterocycles. The molecule has 0 amide bonds. The zero-order valence-electron chi connectivity index (χ0n) is 10.3. The van der Waals surface area contributed by atoms with Crippen molar-refractivity contribution in [3.05, 3.63) is 0 Å². The summed E-state index contributed by atoms with van der Waals surface area (Å²) >= 11 is 0. The van der Waals surface area contributed by atoms with E-state index in [1.807, 2.05) is 0 Å². The van der Waals surface area contributed by atoms with Crippen molar-refractivity contribution in [3.8, 4) is 0 Å². The molecule has 2 saturated carbocycles. The summed E-state index contributed by atoms with van der Waals surface area (Å²) in [5, 5.41) is 0. The summed E-state index contributed by atoms with van der Waals surface area (Å²) in [5.41, 5.74) is -0.409. The lowest BCUT2D eigenvalue weighted by Gasteiger charge is -2.50. The summed E-state index contributed by atoms with van der Waals surface area (Å²) in [5.74, 6) is -0.374. The first-order chi connectivity index (χ1) is 7.96. The van der Waals surface area contributed by atoms with Crippen molar-refractivity contribution in [2.45, 2.75) is 45.1 Å². The first kappa shape index (κ1) is 11.1. The Morgan fingerprint density at radius 2 is 2.12 bits per heavy atom. The number of esters is 2. The minimum absolute atomic E-state index is 0.0617. The van der Waals surface area contributed by atoms with Gasteiger partial charge in [0.15, 0.2) is 0 Å². The number of fused-ring (bicyclic) bond motifs is 1. The quantitative estimate of drug-likeness (QED) is 0.652. The molecule has 94 valence electrons. The monoisotopic (exact) mass is 238 g/mol. The molecule has 0 radical (unpaired) electrons. The van der Waals surface area contributed by atoms with Gasteiger partial charge in [0.25, 0.3) is 0 Å². The van der Waals surface area contributed by atoms with E-state index in [-0.39, 0.29) is 29.4 Å². The smallest absolute Gasteiger partial charge is 0.311 e. The summed E-state index contributed by atoms with van der Waals surface area (Å²) in [6, 6.07) is 0. The van der Waals surface area contributed by atoms with Gasteiger partial charge in [-0.05, 0) is 31.1 Å². The second-order valence-electron chi connectivity index (χ2n) is 6.33. The highest BCUT2D eigenvalue weighted by atomic mass is 16.5. The van der Waals surface area contributed by atoms with Gasteiger partial charge in [0.1, 0.15) is 6.10 Å². The molecule has 4 heteroatoms. The SMILES string of the molecule is COC(=O)C12CC3CC(C)(CC(C1)C(=O)O3)C2. The van der Waals surface area contributed by atoms with E-state index in [4.69, 9.17) is 9.47 Å². The van der Waals surface area contributed by atoms with Crippen LogP contribution in [-0.4, -0.2) is 25.2 Å². The fourth-order valence-electron chi connectivity index (χ4n) is 4.43. The lowest BCUT2D eigenvalue weighted by molar-refractivity contribution is -0.165. The maximum Gasteiger partial charge on any atom is 0.311 e. The Kier molecular flexibility index (Phi) is 2.11. The maximum atomic E-state index is 12.1. The normalized spacial score (nSPS) is 47.5. The summed E-state index contributed by atoms with van der Waals surface area (Å²) in [4.78, 5) is 24.0. The molecule has 4 nitrogen and oxygen atoms in total. The molecule has 0 aromatic heterocycles. The van der Waals surface area contributed by atoms with Crippen LogP contribution in [0.5, 0.6) is 0 Å². The van der Waals surface area contributed by atoms with Gasteiger partial charge in [0, 0.05) is 6.42 Å². The van der Waals surface area contributed by atoms with E-state index >= 15 is 0 Å². The van der Waals surface area contributed by atoms with Crippen molar-refractivity contribution in [2.24, 2.45) is 16.7 Å². The molecule has 2 heterocycles. The zero-order valence-corrected chi connectivity index (χ0v) is 10.3. The Bertz CT molecular complexity index is 391. The fourth-order valence-corrected chi connectivity index (χ4v) is 4.43. The van der Waals surface area contributed by atoms with E-state index in [1.54, 1.807) is 0 Å². The Balaban J connectivity index is 2.04. The van der Waals surface area contributed by atoms with E-state index < -0.39 is 5.41 Å². The van der Waals surface area contributed by atoms with Crippen molar-refractivity contribution in [1.82, 2.24) is 0 Å². The molecule has 2 aliphatic heterocycles. The number of hydrogen-bond acceptors (Lipinski definition) is 4. The maximum absolute atomic E-state index is 12.1. The second-order valence-corrected chi connectivity index (χ2v) is 6.33. The van der Waals surface area contributed by atoms with Crippen LogP contribution < -0.4 is 0 Å². The summed E-state index contributed by atoms with van der Waals surface area (Å²) in [6.07, 6.45) is 3.78. The number of hydrogen-bond donors (Lipinski definition) is 0. The third-order valence-electron chi connectivity index (χ3n) is 4.71. The fraction of sp³-hybridized carbons (Fsp3) is 0.846. The average molecular weight is 238 g/mol. The first-order valence-electron chi connectivity index (χ1n) is 6.25. The predicted octanol–water partition coefficient (Wildman–Crippen LogP) is 1.67. The van der Waals surface area contributed by atoms with Crippen molar-refractivity contribution in [2.75, 3.05) is 7.11 Å². The summed E-state index contributed by atoms with van der Waals surface area (Å²) < 4.78 is 10.4. The molecule has 0 aromatic carbocycles. The predicted molar refractivity (Wildman–Crippen MR) is 59.0 cm³/mol. The highest BCUT2D eigenvalue weighted by Gasteiger charge is 2.60. The van der Waals surface area contributed by atoms with Crippen LogP contribution in [-0.2, 0) is 19.1 Å². The lowest BCUT2D eigenvalue weighted by Crippen LogP contribution is -2.49. The average Bonchev–Trinajstić information content (AvgIpc) is 2.38. The van der Waals surface area contributed by atoms with Crippen LogP contribution in [0.3, 0.4) is 0 Å². The molecule has 17 heavy (non-hydrogen) atoms. The Morgan fingerprint density at radius 1 is 1.35 bits per heavy atom. The highest BCUT2D eigenvalue weighted by molar-refractivity contribution is 5.81. The molecule has 0 spiro atoms. The third-order valence-corrected chi connectivity index (χ3v) is 4.71. The molecule has 4 aliphatic rings. The van der Waals surface area contributed by atoms with E-state index in [0.29, 0.717) is 12.8 Å². The van der Waals surface area contributed by atoms with Gasteiger partial charge < -0.3 is 9.47 Å². The van der Waals surface area contributed by atoms with E-state index in [1.165, 1.54) is 7.11 Å². The molecule has 4 unspecified atom stereocenters. The molecule has 4 fully saturated rings. The summed E-state index contributed by atoms with van der Waals surface area (Å²) in [7, 11) is 1.43. The van der Waals surface area contributed by atoms with Gasteiger partial charge in [-0.1, -0.05) is 6.92 Å². The Morgan fingerprint density at radius 3 is 2.82 bits per heavy atom. The highest BCUT2D eigenvalue weighted by Crippen LogP contribution is 2.60. The van der Waals surface area contributed by atoms with Gasteiger partial charge in [-0.3, -0.25) is 9.59 Å². The number of ether oxygens (including phenoxy) is 2. The van der Waals surface area contributed by atoms with Crippen molar-refractivity contribution < 1.29 is 19.1 Å². The molecule has 0 N–H and O–H groups in total. The minimum Gasteiger partial charge on any atom is -0.469 e. The molecule has 0 aromatic rings. The topological polar surface area (TPSA) is 52.6 Å². The molecule has 4 atom stereocenters. The molecular formula is C13H18O4. The van der Waals surface area contributed by atoms with Crippen LogP contribution in [0.2, 0.25) is 0 Å². The first-order valence-corrected chi connectivity index (χ1v) is 6.25. The minimum atomic E-state index is -0.471. The van der Waals surface area contributed by atoms with Crippen molar-refractivity contribution >= 4 is 11.9 Å².